The third-order valence-corrected chi connectivity index (χ3v) is 5.73. The highest BCUT2D eigenvalue weighted by Gasteiger charge is 2.34. The Kier molecular flexibility index (Phi) is 4.45. The van der Waals surface area contributed by atoms with Crippen LogP contribution in [-0.4, -0.2) is 22.9 Å². The Balaban J connectivity index is 1.61. The molecule has 1 aromatic rings. The van der Waals surface area contributed by atoms with Crippen molar-refractivity contribution in [1.29, 1.82) is 0 Å². The molecule has 0 bridgehead atoms. The standard InChI is InChI=1S/C17H29N3/c1-18-17(9-13-11-19-20(2)12-13)16-8-7-14-5-3-4-6-15(14)10-16/h11-12,14-18H,3-10H2,1-2H3. The van der Waals surface area contributed by atoms with Gasteiger partial charge in [-0.05, 0) is 56.0 Å². The maximum Gasteiger partial charge on any atom is 0.0522 e. The molecule has 1 N–H and O–H groups in total. The quantitative estimate of drug-likeness (QED) is 0.915. The second-order valence-electron chi connectivity index (χ2n) is 7.00. The SMILES string of the molecule is CNC(Cc1cnn(C)c1)C1CCC2CCCCC2C1. The Labute approximate surface area is 123 Å². The molecule has 112 valence electrons. The van der Waals surface area contributed by atoms with E-state index in [4.69, 9.17) is 0 Å². The van der Waals surface area contributed by atoms with Gasteiger partial charge < -0.3 is 5.32 Å². The van der Waals surface area contributed by atoms with Gasteiger partial charge in [-0.15, -0.1) is 0 Å². The van der Waals surface area contributed by atoms with Gasteiger partial charge in [0.15, 0.2) is 0 Å². The number of nitrogens with one attached hydrogen (secondary N) is 1. The number of fused-ring (bicyclic) bond motifs is 1. The van der Waals surface area contributed by atoms with Gasteiger partial charge in [-0.2, -0.15) is 5.10 Å². The van der Waals surface area contributed by atoms with Crippen molar-refractivity contribution in [2.75, 3.05) is 7.05 Å². The van der Waals surface area contributed by atoms with E-state index in [2.05, 4.69) is 23.7 Å². The maximum atomic E-state index is 4.30. The fraction of sp³-hybridized carbons (Fsp3) is 0.824. The predicted octanol–water partition coefficient (Wildman–Crippen LogP) is 3.16. The molecule has 1 aromatic heterocycles. The zero-order chi connectivity index (χ0) is 13.9. The number of hydrogen-bond acceptors (Lipinski definition) is 2. The van der Waals surface area contributed by atoms with Crippen molar-refractivity contribution in [2.24, 2.45) is 24.8 Å². The largest absolute Gasteiger partial charge is 0.316 e. The average molecular weight is 275 g/mol. The lowest BCUT2D eigenvalue weighted by atomic mass is 9.65. The number of aromatic nitrogens is 2. The average Bonchev–Trinajstić information content (AvgIpc) is 2.89. The van der Waals surface area contributed by atoms with Crippen molar-refractivity contribution in [3.05, 3.63) is 18.0 Å². The summed E-state index contributed by atoms with van der Waals surface area (Å²) in [6.45, 7) is 0. The molecule has 4 unspecified atom stereocenters. The third-order valence-electron chi connectivity index (χ3n) is 5.73. The van der Waals surface area contributed by atoms with E-state index in [1.54, 1.807) is 0 Å². The van der Waals surface area contributed by atoms with Crippen LogP contribution in [0.3, 0.4) is 0 Å². The topological polar surface area (TPSA) is 29.9 Å². The van der Waals surface area contributed by atoms with E-state index in [-0.39, 0.29) is 0 Å². The first kappa shape index (κ1) is 14.1. The van der Waals surface area contributed by atoms with E-state index in [1.165, 1.54) is 50.5 Å². The summed E-state index contributed by atoms with van der Waals surface area (Å²) < 4.78 is 1.92. The Morgan fingerprint density at radius 1 is 1.25 bits per heavy atom. The first-order valence-corrected chi connectivity index (χ1v) is 8.41. The summed E-state index contributed by atoms with van der Waals surface area (Å²) >= 11 is 0. The maximum absolute atomic E-state index is 4.30. The van der Waals surface area contributed by atoms with Crippen molar-refractivity contribution >= 4 is 0 Å². The lowest BCUT2D eigenvalue weighted by Crippen LogP contribution is -2.40. The number of hydrogen-bond donors (Lipinski definition) is 1. The Morgan fingerprint density at radius 2 is 2.05 bits per heavy atom. The summed E-state index contributed by atoms with van der Waals surface area (Å²) in [4.78, 5) is 0. The summed E-state index contributed by atoms with van der Waals surface area (Å²) in [5.41, 5.74) is 1.37. The smallest absolute Gasteiger partial charge is 0.0522 e. The lowest BCUT2D eigenvalue weighted by molar-refractivity contribution is 0.111. The highest BCUT2D eigenvalue weighted by atomic mass is 15.2. The third kappa shape index (κ3) is 3.08. The van der Waals surface area contributed by atoms with E-state index in [9.17, 15) is 0 Å². The van der Waals surface area contributed by atoms with Crippen LogP contribution >= 0.6 is 0 Å². The molecule has 2 aliphatic carbocycles. The second-order valence-corrected chi connectivity index (χ2v) is 7.00. The van der Waals surface area contributed by atoms with E-state index >= 15 is 0 Å². The van der Waals surface area contributed by atoms with Crippen LogP contribution < -0.4 is 5.32 Å². The van der Waals surface area contributed by atoms with Gasteiger partial charge in [0.05, 0.1) is 6.20 Å². The molecule has 3 nitrogen and oxygen atoms in total. The van der Waals surface area contributed by atoms with Crippen molar-refractivity contribution in [1.82, 2.24) is 15.1 Å². The lowest BCUT2D eigenvalue weighted by Gasteiger charge is -2.42. The minimum Gasteiger partial charge on any atom is -0.316 e. The normalized spacial score (nSPS) is 31.8. The monoisotopic (exact) mass is 275 g/mol. The highest BCUT2D eigenvalue weighted by molar-refractivity contribution is 5.07. The molecular formula is C17H29N3. The van der Waals surface area contributed by atoms with Crippen LogP contribution in [0.25, 0.3) is 0 Å². The molecule has 2 saturated carbocycles. The molecule has 0 saturated heterocycles. The van der Waals surface area contributed by atoms with Crippen LogP contribution in [0, 0.1) is 17.8 Å². The van der Waals surface area contributed by atoms with Crippen LogP contribution in [-0.2, 0) is 13.5 Å². The van der Waals surface area contributed by atoms with Gasteiger partial charge >= 0.3 is 0 Å². The van der Waals surface area contributed by atoms with Gasteiger partial charge in [0.25, 0.3) is 0 Å². The molecule has 0 aliphatic heterocycles. The summed E-state index contributed by atoms with van der Waals surface area (Å²) in [6, 6.07) is 0.627. The van der Waals surface area contributed by atoms with E-state index in [0.717, 1.165) is 24.2 Å². The number of aryl methyl sites for hydroxylation is 1. The molecule has 3 rings (SSSR count). The van der Waals surface area contributed by atoms with Crippen molar-refractivity contribution in [3.63, 3.8) is 0 Å². The van der Waals surface area contributed by atoms with Crippen LogP contribution in [0.5, 0.6) is 0 Å². The minimum atomic E-state index is 0.627. The van der Waals surface area contributed by atoms with Gasteiger partial charge in [0.2, 0.25) is 0 Å². The molecular weight excluding hydrogens is 246 g/mol. The highest BCUT2D eigenvalue weighted by Crippen LogP contribution is 2.43. The van der Waals surface area contributed by atoms with Gasteiger partial charge in [0.1, 0.15) is 0 Å². The van der Waals surface area contributed by atoms with Crippen molar-refractivity contribution in [3.8, 4) is 0 Å². The van der Waals surface area contributed by atoms with E-state index in [0.29, 0.717) is 6.04 Å². The van der Waals surface area contributed by atoms with E-state index < -0.39 is 0 Å². The van der Waals surface area contributed by atoms with Crippen molar-refractivity contribution in [2.45, 2.75) is 57.4 Å². The van der Waals surface area contributed by atoms with Gasteiger partial charge in [-0.25, -0.2) is 0 Å². The summed E-state index contributed by atoms with van der Waals surface area (Å²) in [7, 11) is 4.14. The predicted molar refractivity (Wildman–Crippen MR) is 82.5 cm³/mol. The number of rotatable bonds is 4. The fourth-order valence-electron chi connectivity index (χ4n) is 4.61. The Hall–Kier alpha value is -0.830. The Morgan fingerprint density at radius 3 is 2.75 bits per heavy atom. The van der Waals surface area contributed by atoms with Crippen molar-refractivity contribution < 1.29 is 0 Å². The second kappa shape index (κ2) is 6.30. The van der Waals surface area contributed by atoms with Gasteiger partial charge in [-0.3, -0.25) is 4.68 Å². The number of likely N-dealkylation sites (N-methyl/N-ethyl adjacent to an activating group) is 1. The molecule has 0 aromatic carbocycles. The Bertz CT molecular complexity index is 426. The molecule has 1 heterocycles. The fourth-order valence-corrected chi connectivity index (χ4v) is 4.61. The molecule has 2 aliphatic rings. The summed E-state index contributed by atoms with van der Waals surface area (Å²) in [5.74, 6) is 2.93. The first-order valence-electron chi connectivity index (χ1n) is 8.41. The molecule has 20 heavy (non-hydrogen) atoms. The first-order chi connectivity index (χ1) is 9.76. The van der Waals surface area contributed by atoms with Crippen LogP contribution in [0.2, 0.25) is 0 Å². The molecule has 0 spiro atoms. The molecule has 0 radical (unpaired) electrons. The van der Waals surface area contributed by atoms with Crippen LogP contribution in [0.15, 0.2) is 12.4 Å². The van der Waals surface area contributed by atoms with E-state index in [1.807, 2.05) is 17.9 Å². The molecule has 4 atom stereocenters. The minimum absolute atomic E-state index is 0.627. The van der Waals surface area contributed by atoms with Gasteiger partial charge in [-0.1, -0.05) is 25.7 Å². The summed E-state index contributed by atoms with van der Waals surface area (Å²) in [6.07, 6.45) is 15.6. The molecule has 2 fully saturated rings. The van der Waals surface area contributed by atoms with Crippen LogP contribution in [0.1, 0.15) is 50.5 Å². The van der Waals surface area contributed by atoms with Gasteiger partial charge in [0, 0.05) is 19.3 Å². The molecule has 0 amide bonds. The zero-order valence-electron chi connectivity index (χ0n) is 13.0. The molecule has 3 heteroatoms. The summed E-state index contributed by atoms with van der Waals surface area (Å²) in [5, 5.41) is 7.89. The zero-order valence-corrected chi connectivity index (χ0v) is 13.0. The van der Waals surface area contributed by atoms with Crippen LogP contribution in [0.4, 0.5) is 0 Å². The number of nitrogens with zero attached hydrogens (tertiary/aromatic N) is 2.